The van der Waals surface area contributed by atoms with Crippen molar-refractivity contribution in [2.45, 2.75) is 25.4 Å². The predicted molar refractivity (Wildman–Crippen MR) is 66.1 cm³/mol. The van der Waals surface area contributed by atoms with E-state index in [4.69, 9.17) is 10.5 Å². The lowest BCUT2D eigenvalue weighted by Gasteiger charge is -2.31. The van der Waals surface area contributed by atoms with Crippen LogP contribution >= 0.6 is 0 Å². The van der Waals surface area contributed by atoms with E-state index in [0.717, 1.165) is 26.1 Å². The van der Waals surface area contributed by atoms with E-state index in [1.807, 2.05) is 7.05 Å². The largest absolute Gasteiger partial charge is 0.398 e. The number of ether oxygens (including phenoxy) is 1. The maximum atomic E-state index is 13.6. The zero-order valence-corrected chi connectivity index (χ0v) is 10.2. The maximum Gasteiger partial charge on any atom is 0.129 e. The number of hydrogen-bond acceptors (Lipinski definition) is 3. The van der Waals surface area contributed by atoms with E-state index in [-0.39, 0.29) is 5.82 Å². The van der Waals surface area contributed by atoms with E-state index in [2.05, 4.69) is 4.90 Å². The van der Waals surface area contributed by atoms with Gasteiger partial charge in [-0.05, 0) is 32.0 Å². The fourth-order valence-electron chi connectivity index (χ4n) is 2.25. The summed E-state index contributed by atoms with van der Waals surface area (Å²) in [6.45, 7) is 2.15. The lowest BCUT2D eigenvalue weighted by molar-refractivity contribution is 0.0404. The SMILES string of the molecule is CN(Cc1c(N)cccc1F)C1CCOCC1. The Morgan fingerprint density at radius 2 is 2.12 bits per heavy atom. The third-order valence-electron chi connectivity index (χ3n) is 3.38. The number of halogens is 1. The molecule has 1 heterocycles. The molecule has 0 spiro atoms. The van der Waals surface area contributed by atoms with Crippen LogP contribution in [0.3, 0.4) is 0 Å². The minimum Gasteiger partial charge on any atom is -0.398 e. The minimum absolute atomic E-state index is 0.219. The average Bonchev–Trinajstić information content (AvgIpc) is 2.35. The minimum atomic E-state index is -0.219. The Labute approximate surface area is 101 Å². The zero-order valence-electron chi connectivity index (χ0n) is 10.2. The van der Waals surface area contributed by atoms with Crippen molar-refractivity contribution in [2.75, 3.05) is 26.0 Å². The Hall–Kier alpha value is -1.13. The Morgan fingerprint density at radius 1 is 1.41 bits per heavy atom. The molecule has 1 fully saturated rings. The van der Waals surface area contributed by atoms with Gasteiger partial charge in [-0.3, -0.25) is 4.90 Å². The van der Waals surface area contributed by atoms with Crippen LogP contribution in [0.15, 0.2) is 18.2 Å². The first-order chi connectivity index (χ1) is 8.18. The number of anilines is 1. The van der Waals surface area contributed by atoms with E-state index in [9.17, 15) is 4.39 Å². The quantitative estimate of drug-likeness (QED) is 0.819. The molecule has 4 heteroatoms. The molecule has 2 rings (SSSR count). The highest BCUT2D eigenvalue weighted by atomic mass is 19.1. The van der Waals surface area contributed by atoms with Crippen LogP contribution in [-0.4, -0.2) is 31.2 Å². The molecule has 0 unspecified atom stereocenters. The lowest BCUT2D eigenvalue weighted by atomic mass is 10.1. The summed E-state index contributed by atoms with van der Waals surface area (Å²) in [5.41, 5.74) is 6.94. The Bertz CT molecular complexity index is 357. The molecule has 0 atom stereocenters. The summed E-state index contributed by atoms with van der Waals surface area (Å²) in [5, 5.41) is 0. The summed E-state index contributed by atoms with van der Waals surface area (Å²) >= 11 is 0. The summed E-state index contributed by atoms with van der Waals surface area (Å²) < 4.78 is 19.0. The van der Waals surface area contributed by atoms with Crippen molar-refractivity contribution in [1.82, 2.24) is 4.90 Å². The Kier molecular flexibility index (Phi) is 3.97. The molecule has 0 bridgehead atoms. The zero-order chi connectivity index (χ0) is 12.3. The van der Waals surface area contributed by atoms with Gasteiger partial charge in [-0.1, -0.05) is 6.07 Å². The van der Waals surface area contributed by atoms with Crippen molar-refractivity contribution < 1.29 is 9.13 Å². The number of nitrogen functional groups attached to an aromatic ring is 1. The van der Waals surface area contributed by atoms with Crippen LogP contribution in [0.2, 0.25) is 0 Å². The molecule has 0 aromatic heterocycles. The summed E-state index contributed by atoms with van der Waals surface area (Å²) in [6, 6.07) is 5.31. The second kappa shape index (κ2) is 5.47. The van der Waals surface area contributed by atoms with Gasteiger partial charge in [0.15, 0.2) is 0 Å². The molecule has 1 aromatic rings. The molecule has 0 radical (unpaired) electrons. The molecule has 1 aliphatic rings. The normalized spacial score (nSPS) is 17.6. The van der Waals surface area contributed by atoms with Crippen molar-refractivity contribution in [2.24, 2.45) is 0 Å². The molecule has 3 nitrogen and oxygen atoms in total. The molecular weight excluding hydrogens is 219 g/mol. The van der Waals surface area contributed by atoms with E-state index >= 15 is 0 Å². The highest BCUT2D eigenvalue weighted by Crippen LogP contribution is 2.21. The summed E-state index contributed by atoms with van der Waals surface area (Å²) in [7, 11) is 2.02. The van der Waals surface area contributed by atoms with Gasteiger partial charge in [0, 0.05) is 37.1 Å². The monoisotopic (exact) mass is 238 g/mol. The molecule has 0 aliphatic carbocycles. The topological polar surface area (TPSA) is 38.5 Å². The summed E-state index contributed by atoms with van der Waals surface area (Å²) in [4.78, 5) is 2.16. The maximum absolute atomic E-state index is 13.6. The number of hydrogen-bond donors (Lipinski definition) is 1. The van der Waals surface area contributed by atoms with E-state index < -0.39 is 0 Å². The smallest absolute Gasteiger partial charge is 0.129 e. The second-order valence-corrected chi connectivity index (χ2v) is 4.57. The van der Waals surface area contributed by atoms with Gasteiger partial charge in [-0.25, -0.2) is 4.39 Å². The Morgan fingerprint density at radius 3 is 2.76 bits per heavy atom. The number of benzene rings is 1. The van der Waals surface area contributed by atoms with Crippen LogP contribution < -0.4 is 5.73 Å². The van der Waals surface area contributed by atoms with Crippen molar-refractivity contribution >= 4 is 5.69 Å². The molecule has 1 saturated heterocycles. The number of nitrogens with two attached hydrogens (primary N) is 1. The van der Waals surface area contributed by atoms with Gasteiger partial charge in [0.2, 0.25) is 0 Å². The third-order valence-corrected chi connectivity index (χ3v) is 3.38. The van der Waals surface area contributed by atoms with Crippen LogP contribution in [0, 0.1) is 5.82 Å². The van der Waals surface area contributed by atoms with Crippen LogP contribution in [0.1, 0.15) is 18.4 Å². The highest BCUT2D eigenvalue weighted by Gasteiger charge is 2.20. The first-order valence-electron chi connectivity index (χ1n) is 5.99. The fourth-order valence-corrected chi connectivity index (χ4v) is 2.25. The highest BCUT2D eigenvalue weighted by molar-refractivity contribution is 5.47. The first-order valence-corrected chi connectivity index (χ1v) is 5.99. The molecule has 17 heavy (non-hydrogen) atoms. The molecule has 0 amide bonds. The van der Waals surface area contributed by atoms with Gasteiger partial charge in [0.1, 0.15) is 5.82 Å². The van der Waals surface area contributed by atoms with Gasteiger partial charge in [0.05, 0.1) is 0 Å². The van der Waals surface area contributed by atoms with E-state index in [0.29, 0.717) is 23.8 Å². The summed E-state index contributed by atoms with van der Waals surface area (Å²) in [6.07, 6.45) is 2.01. The van der Waals surface area contributed by atoms with Crippen LogP contribution in [-0.2, 0) is 11.3 Å². The van der Waals surface area contributed by atoms with Gasteiger partial charge >= 0.3 is 0 Å². The van der Waals surface area contributed by atoms with Crippen LogP contribution in [0.5, 0.6) is 0 Å². The molecule has 94 valence electrons. The van der Waals surface area contributed by atoms with Crippen molar-refractivity contribution in [3.8, 4) is 0 Å². The number of nitrogens with zero attached hydrogens (tertiary/aromatic N) is 1. The first kappa shape index (κ1) is 12.3. The van der Waals surface area contributed by atoms with Gasteiger partial charge < -0.3 is 10.5 Å². The van der Waals surface area contributed by atoms with E-state index in [1.165, 1.54) is 6.07 Å². The molecular formula is C13H19FN2O. The molecule has 1 aromatic carbocycles. The third kappa shape index (κ3) is 2.96. The molecule has 2 N–H and O–H groups in total. The average molecular weight is 238 g/mol. The van der Waals surface area contributed by atoms with Gasteiger partial charge in [-0.15, -0.1) is 0 Å². The van der Waals surface area contributed by atoms with Gasteiger partial charge in [-0.2, -0.15) is 0 Å². The second-order valence-electron chi connectivity index (χ2n) is 4.57. The standard InChI is InChI=1S/C13H19FN2O/c1-16(10-5-7-17-8-6-10)9-11-12(14)3-2-4-13(11)15/h2-4,10H,5-9,15H2,1H3. The van der Waals surface area contributed by atoms with E-state index in [1.54, 1.807) is 12.1 Å². The van der Waals surface area contributed by atoms with Crippen molar-refractivity contribution in [3.63, 3.8) is 0 Å². The Balaban J connectivity index is 2.04. The molecule has 0 saturated carbocycles. The van der Waals surface area contributed by atoms with Crippen LogP contribution in [0.25, 0.3) is 0 Å². The predicted octanol–water partition coefficient (Wildman–Crippen LogP) is 2.02. The van der Waals surface area contributed by atoms with Crippen molar-refractivity contribution in [3.05, 3.63) is 29.6 Å². The number of rotatable bonds is 3. The van der Waals surface area contributed by atoms with Crippen molar-refractivity contribution in [1.29, 1.82) is 0 Å². The molecule has 1 aliphatic heterocycles. The summed E-state index contributed by atoms with van der Waals surface area (Å²) in [5.74, 6) is -0.219. The lowest BCUT2D eigenvalue weighted by Crippen LogP contribution is -2.36. The fraction of sp³-hybridized carbons (Fsp3) is 0.538. The van der Waals surface area contributed by atoms with Gasteiger partial charge in [0.25, 0.3) is 0 Å². The van der Waals surface area contributed by atoms with Crippen LogP contribution in [0.4, 0.5) is 10.1 Å².